The molecule has 1 saturated heterocycles. The molecular formula is C34H33ClN8O2. The largest absolute Gasteiger partial charge is 0.443 e. The molecular weight excluding hydrogens is 588 g/mol. The van der Waals surface area contributed by atoms with Gasteiger partial charge in [0.1, 0.15) is 17.3 Å². The van der Waals surface area contributed by atoms with Crippen molar-refractivity contribution in [1.29, 1.82) is 5.26 Å². The Morgan fingerprint density at radius 3 is 2.64 bits per heavy atom. The molecule has 3 aliphatic rings. The number of imidazole rings is 1. The number of nitrogens with zero attached hydrogens (tertiary/aromatic N) is 7. The van der Waals surface area contributed by atoms with Crippen molar-refractivity contribution in [2.24, 2.45) is 5.41 Å². The minimum atomic E-state index is -1.00. The van der Waals surface area contributed by atoms with Gasteiger partial charge in [-0.25, -0.2) is 4.98 Å². The summed E-state index contributed by atoms with van der Waals surface area (Å²) >= 11 is 6.07. The fraction of sp³-hybridized carbons (Fsp3) is 0.382. The third-order valence-corrected chi connectivity index (χ3v) is 9.67. The maximum absolute atomic E-state index is 9.91. The Labute approximate surface area is 266 Å². The maximum atomic E-state index is 9.91. The van der Waals surface area contributed by atoms with Gasteiger partial charge >= 0.3 is 0 Å². The first-order valence-corrected chi connectivity index (χ1v) is 15.8. The molecule has 0 bridgehead atoms. The number of hydrogen-bond acceptors (Lipinski definition) is 8. The number of hydrogen-bond donors (Lipinski definition) is 1. The molecule has 11 heteroatoms. The molecule has 1 unspecified atom stereocenters. The Morgan fingerprint density at radius 2 is 1.93 bits per heavy atom. The summed E-state index contributed by atoms with van der Waals surface area (Å²) in [5, 5.41) is 18.9. The molecule has 2 aromatic carbocycles. The van der Waals surface area contributed by atoms with Gasteiger partial charge in [0.15, 0.2) is 17.3 Å². The number of ether oxygens (including phenoxy) is 2. The number of aromatic amines is 1. The quantitative estimate of drug-likeness (QED) is 0.219. The summed E-state index contributed by atoms with van der Waals surface area (Å²) in [6, 6.07) is 18.6. The smallest absolute Gasteiger partial charge is 0.292 e. The molecule has 3 aromatic heterocycles. The summed E-state index contributed by atoms with van der Waals surface area (Å²) in [6.07, 6.45) is 5.47. The molecule has 2 fully saturated rings. The molecule has 228 valence electrons. The minimum absolute atomic E-state index is 0.290. The number of aryl methyl sites for hydroxylation is 1. The molecule has 1 N–H and O–H groups in total. The number of fused-ring (bicyclic) bond motifs is 2. The van der Waals surface area contributed by atoms with Crippen LogP contribution in [0.1, 0.15) is 61.4 Å². The van der Waals surface area contributed by atoms with Gasteiger partial charge in [0.05, 0.1) is 34.1 Å². The van der Waals surface area contributed by atoms with E-state index in [0.717, 1.165) is 90.9 Å². The van der Waals surface area contributed by atoms with E-state index in [-0.39, 0.29) is 5.41 Å². The maximum Gasteiger partial charge on any atom is 0.292 e. The van der Waals surface area contributed by atoms with Crippen molar-refractivity contribution in [2.45, 2.75) is 64.3 Å². The van der Waals surface area contributed by atoms with Crippen LogP contribution in [0.5, 0.6) is 11.5 Å². The second-order valence-electron chi connectivity index (χ2n) is 12.7. The number of nitriles is 1. The first-order chi connectivity index (χ1) is 21.8. The molecule has 1 aliphatic carbocycles. The molecule has 45 heavy (non-hydrogen) atoms. The molecule has 5 aromatic rings. The first kappa shape index (κ1) is 28.0. The summed E-state index contributed by atoms with van der Waals surface area (Å²) < 4.78 is 15.1. The topological polar surface area (TPSA) is 118 Å². The predicted molar refractivity (Wildman–Crippen MR) is 169 cm³/mol. The fourth-order valence-corrected chi connectivity index (χ4v) is 6.79. The average Bonchev–Trinajstić information content (AvgIpc) is 3.34. The predicted octanol–water partition coefficient (Wildman–Crippen LogP) is 6.51. The van der Waals surface area contributed by atoms with E-state index in [1.165, 1.54) is 5.56 Å². The Bertz CT molecular complexity index is 1950. The van der Waals surface area contributed by atoms with Gasteiger partial charge in [-0.3, -0.25) is 9.88 Å². The summed E-state index contributed by atoms with van der Waals surface area (Å²) in [5.74, 6) is 3.40. The van der Waals surface area contributed by atoms with Crippen LogP contribution >= 0.6 is 11.6 Å². The highest BCUT2D eigenvalue weighted by Gasteiger charge is 2.45. The Morgan fingerprint density at radius 1 is 1.09 bits per heavy atom. The van der Waals surface area contributed by atoms with Gasteiger partial charge in [-0.2, -0.15) is 5.26 Å². The number of piperidine rings is 1. The van der Waals surface area contributed by atoms with E-state index in [1.807, 2.05) is 32.0 Å². The van der Waals surface area contributed by atoms with Crippen molar-refractivity contribution in [3.8, 4) is 29.0 Å². The molecule has 10 nitrogen and oxygen atoms in total. The number of benzene rings is 2. The molecule has 1 atom stereocenters. The zero-order valence-electron chi connectivity index (χ0n) is 25.3. The van der Waals surface area contributed by atoms with Crippen LogP contribution in [0.4, 0.5) is 0 Å². The lowest BCUT2D eigenvalue weighted by molar-refractivity contribution is -0.0722. The Hall–Kier alpha value is -4.46. The SMILES string of the molecule is Cc1nnc(-c2ccc3c(c2)nc(CN2CCC(c4cccc5c4OC(C)(c4ccc(Cl)cn4)O5)CC2)n3CC2(C#N)CC2)[nH]1. The van der Waals surface area contributed by atoms with Crippen LogP contribution < -0.4 is 9.47 Å². The standard InChI is InChI=1S/C34H33ClN8O2/c1-21-38-32(41-40-21)23-6-8-27-26(16-23)39-30(43(27)20-34(19-36)12-13-34)18-42-14-10-22(11-15-42)25-4-3-5-28-31(25)45-33(2,44-28)29-9-7-24(35)17-37-29/h3-9,16-17,22H,10-15,18,20H2,1-2H3,(H,38,40,41). The van der Waals surface area contributed by atoms with Crippen LogP contribution in [0, 0.1) is 23.7 Å². The van der Waals surface area contributed by atoms with Gasteiger partial charge in [-0.05, 0) is 88.0 Å². The highest BCUT2D eigenvalue weighted by molar-refractivity contribution is 6.30. The van der Waals surface area contributed by atoms with Crippen LogP contribution in [0.15, 0.2) is 54.7 Å². The Kier molecular flexibility index (Phi) is 6.59. The summed E-state index contributed by atoms with van der Waals surface area (Å²) in [6.45, 7) is 7.05. The second-order valence-corrected chi connectivity index (χ2v) is 13.1. The number of aromatic nitrogens is 6. The molecule has 0 spiro atoms. The molecule has 1 saturated carbocycles. The highest BCUT2D eigenvalue weighted by Crippen LogP contribution is 2.49. The van der Waals surface area contributed by atoms with Crippen LogP contribution in [-0.2, 0) is 18.9 Å². The summed E-state index contributed by atoms with van der Waals surface area (Å²) in [7, 11) is 0. The third-order valence-electron chi connectivity index (χ3n) is 9.45. The lowest BCUT2D eigenvalue weighted by Crippen LogP contribution is -2.34. The number of likely N-dealkylation sites (tertiary alicyclic amines) is 1. The Balaban J connectivity index is 1.01. The van der Waals surface area contributed by atoms with Crippen LogP contribution in [0.2, 0.25) is 5.02 Å². The van der Waals surface area contributed by atoms with E-state index in [4.69, 9.17) is 26.1 Å². The van der Waals surface area contributed by atoms with Gasteiger partial charge in [-0.15, -0.1) is 10.2 Å². The van der Waals surface area contributed by atoms with Crippen molar-refractivity contribution < 1.29 is 9.47 Å². The van der Waals surface area contributed by atoms with E-state index in [2.05, 4.69) is 60.0 Å². The number of para-hydroxylation sites is 1. The molecule has 0 amide bonds. The van der Waals surface area contributed by atoms with E-state index in [0.29, 0.717) is 23.2 Å². The molecule has 5 heterocycles. The summed E-state index contributed by atoms with van der Waals surface area (Å²) in [5.41, 5.74) is 4.48. The molecule has 8 rings (SSSR count). The van der Waals surface area contributed by atoms with Gasteiger partial charge in [0.25, 0.3) is 5.79 Å². The van der Waals surface area contributed by atoms with Gasteiger partial charge in [0, 0.05) is 30.8 Å². The van der Waals surface area contributed by atoms with Gasteiger partial charge in [-0.1, -0.05) is 23.7 Å². The monoisotopic (exact) mass is 620 g/mol. The normalized spacial score (nSPS) is 20.8. The van der Waals surface area contributed by atoms with Crippen LogP contribution in [0.3, 0.4) is 0 Å². The number of H-pyrrole nitrogens is 1. The number of rotatable bonds is 7. The van der Waals surface area contributed by atoms with E-state index < -0.39 is 5.79 Å². The lowest BCUT2D eigenvalue weighted by atomic mass is 9.88. The number of pyridine rings is 1. The minimum Gasteiger partial charge on any atom is -0.443 e. The van der Waals surface area contributed by atoms with Crippen LogP contribution in [0.25, 0.3) is 22.4 Å². The van der Waals surface area contributed by atoms with E-state index >= 15 is 0 Å². The average molecular weight is 621 g/mol. The fourth-order valence-electron chi connectivity index (χ4n) is 6.68. The van der Waals surface area contributed by atoms with Crippen molar-refractivity contribution in [3.63, 3.8) is 0 Å². The van der Waals surface area contributed by atoms with Crippen molar-refractivity contribution >= 4 is 22.6 Å². The van der Waals surface area contributed by atoms with E-state index in [9.17, 15) is 5.26 Å². The highest BCUT2D eigenvalue weighted by atomic mass is 35.5. The van der Waals surface area contributed by atoms with Crippen LogP contribution in [-0.4, -0.2) is 47.7 Å². The molecule has 0 radical (unpaired) electrons. The van der Waals surface area contributed by atoms with Crippen molar-refractivity contribution in [1.82, 2.24) is 34.6 Å². The zero-order valence-corrected chi connectivity index (χ0v) is 26.0. The zero-order chi connectivity index (χ0) is 30.8. The molecule has 2 aliphatic heterocycles. The number of nitrogens with one attached hydrogen (secondary N) is 1. The summed E-state index contributed by atoms with van der Waals surface area (Å²) in [4.78, 5) is 15.3. The van der Waals surface area contributed by atoms with Crippen molar-refractivity contribution in [2.75, 3.05) is 13.1 Å². The van der Waals surface area contributed by atoms with Gasteiger partial charge in [0.2, 0.25) is 0 Å². The van der Waals surface area contributed by atoms with Gasteiger partial charge < -0.3 is 19.0 Å². The lowest BCUT2D eigenvalue weighted by Gasteiger charge is -2.32. The first-order valence-electron chi connectivity index (χ1n) is 15.5. The second kappa shape index (κ2) is 10.6. The third kappa shape index (κ3) is 5.10. The van der Waals surface area contributed by atoms with E-state index in [1.54, 1.807) is 12.3 Å². The number of halogens is 1. The van der Waals surface area contributed by atoms with Crippen molar-refractivity contribution in [3.05, 3.63) is 82.7 Å².